The number of allylic oxidation sites excluding steroid dienone is 4. The number of rotatable bonds is 40. The largest absolute Gasteiger partial charge is 0.468 e. The molecule has 0 aliphatic carbocycles. The second-order valence-electron chi connectivity index (χ2n) is 17.8. The van der Waals surface area contributed by atoms with Crippen LogP contribution in [-0.2, 0) is 23.5 Å². The van der Waals surface area contributed by atoms with E-state index in [0.29, 0.717) is 26.2 Å². The Balaban J connectivity index is 1.79. The Labute approximate surface area is 363 Å². The van der Waals surface area contributed by atoms with Crippen molar-refractivity contribution in [3.05, 3.63) is 85.0 Å². The van der Waals surface area contributed by atoms with Gasteiger partial charge in [0.25, 0.3) is 21.3 Å². The molecule has 0 amide bonds. The molecule has 2 aromatic carbocycles. The maximum atomic E-state index is 10.2. The topological polar surface area (TPSA) is 61.8 Å². The molecule has 0 saturated carbocycles. The third-order valence-electron chi connectivity index (χ3n) is 11.8. The highest BCUT2D eigenvalue weighted by Crippen LogP contribution is 2.38. The second kappa shape index (κ2) is 35.8. The average molecular weight is 831 g/mol. The Bertz CT molecular complexity index is 1210. The van der Waals surface area contributed by atoms with E-state index in [1.165, 1.54) is 152 Å². The number of benzene rings is 2. The summed E-state index contributed by atoms with van der Waals surface area (Å²) in [5.41, 5.74) is 0. The van der Waals surface area contributed by atoms with Crippen LogP contribution in [0.3, 0.4) is 0 Å². The third-order valence-corrected chi connectivity index (χ3v) is 16.9. The van der Waals surface area contributed by atoms with Crippen molar-refractivity contribution in [3.8, 4) is 0 Å². The molecule has 0 aromatic heterocycles. The van der Waals surface area contributed by atoms with Crippen LogP contribution in [0.5, 0.6) is 0 Å². The zero-order valence-corrected chi connectivity index (χ0v) is 39.1. The van der Waals surface area contributed by atoms with Crippen LogP contribution in [0.15, 0.2) is 85.0 Å². The Morgan fingerprint density at radius 3 is 1.07 bits per heavy atom. The van der Waals surface area contributed by atoms with Gasteiger partial charge in [-0.25, -0.2) is 0 Å². The first kappa shape index (κ1) is 52.2. The summed E-state index contributed by atoms with van der Waals surface area (Å²) in [5.74, 6) is 0. The lowest BCUT2D eigenvalue weighted by molar-refractivity contribution is -0.129. The summed E-state index contributed by atoms with van der Waals surface area (Å²) in [6, 6.07) is 22.4. The van der Waals surface area contributed by atoms with Gasteiger partial charge in [0.05, 0.1) is 13.2 Å². The van der Waals surface area contributed by atoms with Crippen LogP contribution >= 0.6 is 0 Å². The molecular weight excluding hydrogens is 745 g/mol. The van der Waals surface area contributed by atoms with Gasteiger partial charge in [0.1, 0.15) is 0 Å². The van der Waals surface area contributed by atoms with Crippen molar-refractivity contribution in [2.45, 2.75) is 212 Å². The quantitative estimate of drug-likeness (QED) is 0.0290. The Kier molecular flexibility index (Phi) is 31.6. The SMILES string of the molecule is CC(C)(C)[Si](OC(CCCCCCCC/C=C\CCCCCCCOC=O)CCCCCCCC/C=C\CCCCCCCOC=O)(c1ccccc1)c1ccccc1. The number of hydrogen-bond donors (Lipinski definition) is 0. The highest BCUT2D eigenvalue weighted by Gasteiger charge is 2.51. The van der Waals surface area contributed by atoms with Gasteiger partial charge in [0, 0.05) is 6.10 Å². The summed E-state index contributed by atoms with van der Waals surface area (Å²) in [6.07, 6.45) is 44.4. The third kappa shape index (κ3) is 24.8. The van der Waals surface area contributed by atoms with Crippen LogP contribution in [0, 0.1) is 0 Å². The first-order valence-corrected chi connectivity index (χ1v) is 26.1. The Morgan fingerprint density at radius 2 is 0.746 bits per heavy atom. The first-order chi connectivity index (χ1) is 29.0. The van der Waals surface area contributed by atoms with Crippen LogP contribution in [0.1, 0.15) is 201 Å². The van der Waals surface area contributed by atoms with Gasteiger partial charge in [-0.2, -0.15) is 0 Å². The molecule has 6 heteroatoms. The molecule has 2 aromatic rings. The zero-order valence-electron chi connectivity index (χ0n) is 38.1. The van der Waals surface area contributed by atoms with Crippen LogP contribution in [0.2, 0.25) is 5.04 Å². The number of unbranched alkanes of at least 4 members (excludes halogenated alkanes) is 22. The maximum absolute atomic E-state index is 10.2. The molecule has 0 N–H and O–H groups in total. The zero-order chi connectivity index (χ0) is 42.4. The molecule has 0 spiro atoms. The normalized spacial score (nSPS) is 12.2. The maximum Gasteiger partial charge on any atom is 0.293 e. The molecule has 0 saturated heterocycles. The summed E-state index contributed by atoms with van der Waals surface area (Å²) >= 11 is 0. The summed E-state index contributed by atoms with van der Waals surface area (Å²) < 4.78 is 17.3. The summed E-state index contributed by atoms with van der Waals surface area (Å²) in [6.45, 7) is 9.46. The fourth-order valence-electron chi connectivity index (χ4n) is 8.41. The molecule has 0 bridgehead atoms. The molecule has 0 aliphatic rings. The molecule has 332 valence electrons. The van der Waals surface area contributed by atoms with Crippen molar-refractivity contribution in [3.63, 3.8) is 0 Å². The molecule has 0 unspecified atom stereocenters. The van der Waals surface area contributed by atoms with Gasteiger partial charge >= 0.3 is 0 Å². The van der Waals surface area contributed by atoms with E-state index < -0.39 is 8.32 Å². The van der Waals surface area contributed by atoms with Gasteiger partial charge in [-0.15, -0.1) is 0 Å². The van der Waals surface area contributed by atoms with Crippen LogP contribution < -0.4 is 10.4 Å². The summed E-state index contributed by atoms with van der Waals surface area (Å²) in [4.78, 5) is 20.4. The van der Waals surface area contributed by atoms with E-state index in [4.69, 9.17) is 13.9 Å². The van der Waals surface area contributed by atoms with E-state index in [-0.39, 0.29) is 11.1 Å². The molecule has 0 aliphatic heterocycles. The van der Waals surface area contributed by atoms with Crippen LogP contribution in [0.25, 0.3) is 0 Å². The number of carbonyl (C=O) groups excluding carboxylic acids is 2. The highest BCUT2D eigenvalue weighted by molar-refractivity contribution is 6.99. The second-order valence-corrected chi connectivity index (χ2v) is 22.0. The minimum absolute atomic E-state index is 0.00111. The van der Waals surface area contributed by atoms with Crippen molar-refractivity contribution in [2.24, 2.45) is 0 Å². The van der Waals surface area contributed by atoms with Crippen LogP contribution in [0.4, 0.5) is 0 Å². The van der Waals surface area contributed by atoms with E-state index in [2.05, 4.69) is 106 Å². The molecular formula is C53H86O5Si. The molecule has 2 rings (SSSR count). The van der Waals surface area contributed by atoms with E-state index in [1.807, 2.05) is 0 Å². The lowest BCUT2D eigenvalue weighted by Crippen LogP contribution is -2.67. The summed E-state index contributed by atoms with van der Waals surface area (Å²) in [5, 5.41) is 2.78. The van der Waals surface area contributed by atoms with E-state index in [9.17, 15) is 9.59 Å². The van der Waals surface area contributed by atoms with Gasteiger partial charge in [-0.1, -0.05) is 208 Å². The minimum Gasteiger partial charge on any atom is -0.468 e. The van der Waals surface area contributed by atoms with Crippen molar-refractivity contribution in [1.82, 2.24) is 0 Å². The van der Waals surface area contributed by atoms with Crippen LogP contribution in [-0.4, -0.2) is 40.6 Å². The predicted molar refractivity (Wildman–Crippen MR) is 254 cm³/mol. The van der Waals surface area contributed by atoms with Gasteiger partial charge in [0.15, 0.2) is 0 Å². The molecule has 0 fully saturated rings. The fraction of sp³-hybridized carbons (Fsp3) is 0.660. The Hall–Kier alpha value is -2.96. The molecule has 5 nitrogen and oxygen atoms in total. The highest BCUT2D eigenvalue weighted by atomic mass is 28.4. The van der Waals surface area contributed by atoms with Crippen molar-refractivity contribution in [1.29, 1.82) is 0 Å². The van der Waals surface area contributed by atoms with E-state index in [0.717, 1.165) is 38.5 Å². The minimum atomic E-state index is -2.58. The Morgan fingerprint density at radius 1 is 0.441 bits per heavy atom. The van der Waals surface area contributed by atoms with E-state index in [1.54, 1.807) is 0 Å². The lowest BCUT2D eigenvalue weighted by Gasteiger charge is -2.45. The standard InChI is InChI=1S/C53H86O5Si/c1-53(2,3)59(51-42-34-30-35-43-51,52-44-36-31-37-45-52)58-50(40-32-26-22-18-14-10-6-4-8-12-16-20-24-28-38-46-56-48-54)41-33-27-23-19-15-11-7-5-9-13-17-21-25-29-39-47-57-49-55/h4-5,8-9,30-31,34-37,42-45,48-50H,6-7,10-29,32-33,38-41,46-47H2,1-3H3/b8-4-,9-5-. The average Bonchev–Trinajstić information content (AvgIpc) is 3.24. The first-order valence-electron chi connectivity index (χ1n) is 24.1. The van der Waals surface area contributed by atoms with Gasteiger partial charge < -0.3 is 13.9 Å². The van der Waals surface area contributed by atoms with E-state index >= 15 is 0 Å². The summed E-state index contributed by atoms with van der Waals surface area (Å²) in [7, 11) is -2.58. The number of carbonyl (C=O) groups is 2. The monoisotopic (exact) mass is 831 g/mol. The molecule has 0 atom stereocenters. The van der Waals surface area contributed by atoms with Gasteiger partial charge in [0.2, 0.25) is 0 Å². The number of hydrogen-bond acceptors (Lipinski definition) is 5. The number of ether oxygens (including phenoxy) is 2. The van der Waals surface area contributed by atoms with Gasteiger partial charge in [-0.05, 0) is 92.5 Å². The van der Waals surface area contributed by atoms with Crippen molar-refractivity contribution >= 4 is 31.6 Å². The fourth-order valence-corrected chi connectivity index (χ4v) is 13.2. The molecule has 0 radical (unpaired) electrons. The lowest BCUT2D eigenvalue weighted by atomic mass is 10.0. The van der Waals surface area contributed by atoms with Gasteiger partial charge in [-0.3, -0.25) is 9.59 Å². The van der Waals surface area contributed by atoms with Crippen molar-refractivity contribution < 1.29 is 23.5 Å². The predicted octanol–water partition coefficient (Wildman–Crippen LogP) is 14.3. The molecule has 59 heavy (non-hydrogen) atoms. The smallest absolute Gasteiger partial charge is 0.293 e. The van der Waals surface area contributed by atoms with Crippen molar-refractivity contribution in [2.75, 3.05) is 13.2 Å². The molecule has 0 heterocycles.